The minimum absolute atomic E-state index is 0.123. The van der Waals surface area contributed by atoms with Crippen molar-refractivity contribution in [2.75, 3.05) is 7.11 Å². The molecule has 0 aromatic rings. The van der Waals surface area contributed by atoms with Crippen LogP contribution in [0, 0.1) is 11.8 Å². The van der Waals surface area contributed by atoms with Crippen LogP contribution in [0.15, 0.2) is 0 Å². The maximum absolute atomic E-state index is 11.1. The Morgan fingerprint density at radius 1 is 1.50 bits per heavy atom. The fourth-order valence-electron chi connectivity index (χ4n) is 2.29. The number of methoxy groups -OCH3 is 1. The van der Waals surface area contributed by atoms with E-state index in [4.69, 9.17) is 5.73 Å². The third-order valence-electron chi connectivity index (χ3n) is 3.38. The van der Waals surface area contributed by atoms with E-state index in [9.17, 15) is 4.79 Å². The van der Waals surface area contributed by atoms with Crippen molar-refractivity contribution in [1.29, 1.82) is 0 Å². The Morgan fingerprint density at radius 3 is 2.79 bits per heavy atom. The predicted molar refractivity (Wildman–Crippen MR) is 55.7 cm³/mol. The molecule has 3 heteroatoms. The van der Waals surface area contributed by atoms with Crippen molar-refractivity contribution in [3.63, 3.8) is 0 Å². The summed E-state index contributed by atoms with van der Waals surface area (Å²) in [5.41, 5.74) is 5.99. The van der Waals surface area contributed by atoms with Crippen LogP contribution >= 0.6 is 0 Å². The Kier molecular flexibility index (Phi) is 4.39. The zero-order valence-corrected chi connectivity index (χ0v) is 9.16. The van der Waals surface area contributed by atoms with Crippen molar-refractivity contribution in [1.82, 2.24) is 0 Å². The first kappa shape index (κ1) is 11.5. The third-order valence-corrected chi connectivity index (χ3v) is 3.38. The molecule has 0 saturated heterocycles. The Hall–Kier alpha value is -0.570. The summed E-state index contributed by atoms with van der Waals surface area (Å²) in [4.78, 5) is 11.1. The van der Waals surface area contributed by atoms with Crippen LogP contribution in [0.25, 0.3) is 0 Å². The van der Waals surface area contributed by atoms with E-state index in [0.29, 0.717) is 12.3 Å². The van der Waals surface area contributed by atoms with Crippen LogP contribution in [0.1, 0.15) is 39.0 Å². The molecule has 14 heavy (non-hydrogen) atoms. The van der Waals surface area contributed by atoms with Gasteiger partial charge in [0.15, 0.2) is 0 Å². The molecule has 0 aromatic carbocycles. The first-order valence-electron chi connectivity index (χ1n) is 5.49. The topological polar surface area (TPSA) is 52.3 Å². The molecule has 3 atom stereocenters. The highest BCUT2D eigenvalue weighted by Gasteiger charge is 2.29. The highest BCUT2D eigenvalue weighted by atomic mass is 16.5. The third kappa shape index (κ3) is 2.98. The lowest BCUT2D eigenvalue weighted by molar-refractivity contribution is -0.142. The van der Waals surface area contributed by atoms with Gasteiger partial charge in [-0.25, -0.2) is 0 Å². The number of nitrogens with two attached hydrogens (primary N) is 1. The van der Waals surface area contributed by atoms with Gasteiger partial charge < -0.3 is 10.5 Å². The lowest BCUT2D eigenvalue weighted by Gasteiger charge is -2.33. The first-order valence-corrected chi connectivity index (χ1v) is 5.49. The zero-order valence-electron chi connectivity index (χ0n) is 9.16. The quantitative estimate of drug-likeness (QED) is 0.704. The maximum atomic E-state index is 11.1. The number of esters is 1. The average molecular weight is 199 g/mol. The molecule has 0 heterocycles. The minimum Gasteiger partial charge on any atom is -0.469 e. The highest BCUT2D eigenvalue weighted by molar-refractivity contribution is 5.69. The summed E-state index contributed by atoms with van der Waals surface area (Å²) in [5.74, 6) is 0.966. The second kappa shape index (κ2) is 5.35. The molecule has 3 unspecified atom stereocenters. The van der Waals surface area contributed by atoms with Gasteiger partial charge in [-0.15, -0.1) is 0 Å². The predicted octanol–water partition coefficient (Wildman–Crippen LogP) is 1.70. The van der Waals surface area contributed by atoms with Gasteiger partial charge in [0.05, 0.1) is 7.11 Å². The molecular formula is C11H21NO2. The number of rotatable bonds is 3. The zero-order chi connectivity index (χ0) is 10.6. The van der Waals surface area contributed by atoms with E-state index in [1.54, 1.807) is 0 Å². The SMILES string of the molecule is CCC1CCC(N)C(CC(=O)OC)C1. The minimum atomic E-state index is -0.123. The molecule has 0 spiro atoms. The van der Waals surface area contributed by atoms with Gasteiger partial charge in [-0.3, -0.25) is 4.79 Å². The molecule has 0 aliphatic heterocycles. The van der Waals surface area contributed by atoms with Gasteiger partial charge in [0.2, 0.25) is 0 Å². The van der Waals surface area contributed by atoms with Gasteiger partial charge in [-0.05, 0) is 31.1 Å². The number of ether oxygens (including phenoxy) is 1. The van der Waals surface area contributed by atoms with Crippen LogP contribution in [0.4, 0.5) is 0 Å². The molecule has 2 N–H and O–H groups in total. The number of carbonyl (C=O) groups is 1. The molecule has 0 aromatic heterocycles. The maximum Gasteiger partial charge on any atom is 0.305 e. The molecule has 1 saturated carbocycles. The normalized spacial score (nSPS) is 32.6. The van der Waals surface area contributed by atoms with Gasteiger partial charge in [0.25, 0.3) is 0 Å². The van der Waals surface area contributed by atoms with Crippen LogP contribution < -0.4 is 5.73 Å². The second-order valence-electron chi connectivity index (χ2n) is 4.29. The van der Waals surface area contributed by atoms with E-state index in [0.717, 1.165) is 18.8 Å². The van der Waals surface area contributed by atoms with Crippen LogP contribution in [-0.2, 0) is 9.53 Å². The van der Waals surface area contributed by atoms with E-state index in [1.807, 2.05) is 0 Å². The van der Waals surface area contributed by atoms with Crippen molar-refractivity contribution < 1.29 is 9.53 Å². The van der Waals surface area contributed by atoms with Crippen molar-refractivity contribution in [3.8, 4) is 0 Å². The van der Waals surface area contributed by atoms with E-state index in [-0.39, 0.29) is 12.0 Å². The monoisotopic (exact) mass is 199 g/mol. The van der Waals surface area contributed by atoms with Gasteiger partial charge in [-0.2, -0.15) is 0 Å². The fraction of sp³-hybridized carbons (Fsp3) is 0.909. The van der Waals surface area contributed by atoms with Crippen molar-refractivity contribution >= 4 is 5.97 Å². The van der Waals surface area contributed by atoms with Gasteiger partial charge in [0.1, 0.15) is 0 Å². The molecular weight excluding hydrogens is 178 g/mol. The molecule has 3 nitrogen and oxygen atoms in total. The van der Waals surface area contributed by atoms with Crippen molar-refractivity contribution in [2.24, 2.45) is 17.6 Å². The van der Waals surface area contributed by atoms with Crippen molar-refractivity contribution in [3.05, 3.63) is 0 Å². The number of hydrogen-bond donors (Lipinski definition) is 1. The molecule has 1 fully saturated rings. The summed E-state index contributed by atoms with van der Waals surface area (Å²) in [6.07, 6.45) is 5.06. The number of hydrogen-bond acceptors (Lipinski definition) is 3. The molecule has 0 bridgehead atoms. The Balaban J connectivity index is 2.44. The summed E-state index contributed by atoms with van der Waals surface area (Å²) < 4.78 is 4.68. The molecule has 82 valence electrons. The van der Waals surface area contributed by atoms with Crippen LogP contribution in [0.3, 0.4) is 0 Å². The summed E-state index contributed by atoms with van der Waals surface area (Å²) in [6.45, 7) is 2.21. The Bertz CT molecular complexity index is 194. The average Bonchev–Trinajstić information content (AvgIpc) is 2.21. The Morgan fingerprint density at radius 2 is 2.21 bits per heavy atom. The lowest BCUT2D eigenvalue weighted by Crippen LogP contribution is -2.37. The molecule has 0 radical (unpaired) electrons. The molecule has 1 aliphatic carbocycles. The Labute approximate surface area is 86.0 Å². The fourth-order valence-corrected chi connectivity index (χ4v) is 2.29. The standard InChI is InChI=1S/C11H21NO2/c1-3-8-4-5-10(12)9(6-8)7-11(13)14-2/h8-10H,3-7,12H2,1-2H3. The molecule has 1 rings (SSSR count). The van der Waals surface area contributed by atoms with Gasteiger partial charge in [-0.1, -0.05) is 13.3 Å². The second-order valence-corrected chi connectivity index (χ2v) is 4.29. The van der Waals surface area contributed by atoms with Crippen LogP contribution in [0.5, 0.6) is 0 Å². The van der Waals surface area contributed by atoms with E-state index < -0.39 is 0 Å². The van der Waals surface area contributed by atoms with E-state index in [1.165, 1.54) is 20.0 Å². The summed E-state index contributed by atoms with van der Waals surface area (Å²) in [5, 5.41) is 0. The van der Waals surface area contributed by atoms with Crippen molar-refractivity contribution in [2.45, 2.75) is 45.1 Å². The molecule has 0 amide bonds. The highest BCUT2D eigenvalue weighted by Crippen LogP contribution is 2.32. The first-order chi connectivity index (χ1) is 6.67. The van der Waals surface area contributed by atoms with E-state index >= 15 is 0 Å². The lowest BCUT2D eigenvalue weighted by atomic mass is 9.76. The smallest absolute Gasteiger partial charge is 0.305 e. The summed E-state index contributed by atoms with van der Waals surface area (Å²) in [7, 11) is 1.44. The summed E-state index contributed by atoms with van der Waals surface area (Å²) >= 11 is 0. The van der Waals surface area contributed by atoms with Gasteiger partial charge >= 0.3 is 5.97 Å². The molecule has 1 aliphatic rings. The van der Waals surface area contributed by atoms with E-state index in [2.05, 4.69) is 11.7 Å². The van der Waals surface area contributed by atoms with Gasteiger partial charge in [0, 0.05) is 12.5 Å². The van der Waals surface area contributed by atoms with Crippen LogP contribution in [0.2, 0.25) is 0 Å². The number of carbonyl (C=O) groups excluding carboxylic acids is 1. The largest absolute Gasteiger partial charge is 0.469 e. The summed E-state index contributed by atoms with van der Waals surface area (Å²) in [6, 6.07) is 0.192. The van der Waals surface area contributed by atoms with Crippen LogP contribution in [-0.4, -0.2) is 19.1 Å².